The van der Waals surface area contributed by atoms with Crippen molar-refractivity contribution in [3.05, 3.63) is 65.7 Å². The molecule has 124 valence electrons. The van der Waals surface area contributed by atoms with Gasteiger partial charge >= 0.3 is 0 Å². The molecule has 0 saturated heterocycles. The fourth-order valence-corrected chi connectivity index (χ4v) is 2.70. The van der Waals surface area contributed by atoms with Gasteiger partial charge in [-0.1, -0.05) is 12.6 Å². The third kappa shape index (κ3) is 3.02. The summed E-state index contributed by atoms with van der Waals surface area (Å²) in [7, 11) is 0. The van der Waals surface area contributed by atoms with E-state index in [1.165, 1.54) is 6.07 Å². The molecule has 0 fully saturated rings. The standard InChI is InChI=1S/C18H14N4O3/c1-2-16(23)21-11-7-10(8-12(9-11)22-25)13-3-4-15(18(19)24)17-14(13)5-6-20-17/h2-9,20H,1H2,(H2,19,24)(H,21,23). The van der Waals surface area contributed by atoms with E-state index in [-0.39, 0.29) is 5.69 Å². The summed E-state index contributed by atoms with van der Waals surface area (Å²) in [5.41, 5.74) is 8.38. The first-order valence-electron chi connectivity index (χ1n) is 7.35. The Hall–Kier alpha value is -3.74. The number of hydrogen-bond donors (Lipinski definition) is 3. The molecule has 0 atom stereocenters. The van der Waals surface area contributed by atoms with Gasteiger partial charge in [0.2, 0.25) is 5.91 Å². The molecule has 2 amide bonds. The molecule has 4 N–H and O–H groups in total. The highest BCUT2D eigenvalue weighted by Gasteiger charge is 2.13. The smallest absolute Gasteiger partial charge is 0.250 e. The Labute approximate surface area is 142 Å². The Balaban J connectivity index is 2.19. The Bertz CT molecular complexity index is 1020. The Kier molecular flexibility index (Phi) is 4.13. The van der Waals surface area contributed by atoms with Gasteiger partial charge in [0.15, 0.2) is 0 Å². The van der Waals surface area contributed by atoms with Crippen LogP contribution >= 0.6 is 0 Å². The van der Waals surface area contributed by atoms with Crippen molar-refractivity contribution in [1.82, 2.24) is 4.98 Å². The quantitative estimate of drug-likeness (QED) is 0.490. The molecule has 1 aromatic heterocycles. The van der Waals surface area contributed by atoms with Gasteiger partial charge < -0.3 is 16.0 Å². The van der Waals surface area contributed by atoms with E-state index in [2.05, 4.69) is 22.1 Å². The fourth-order valence-electron chi connectivity index (χ4n) is 2.70. The van der Waals surface area contributed by atoms with Crippen LogP contribution in [0.25, 0.3) is 22.0 Å². The summed E-state index contributed by atoms with van der Waals surface area (Å²) in [6, 6.07) is 9.92. The SMILES string of the molecule is C=CC(=O)Nc1cc(N=O)cc(-c2ccc(C(N)=O)c3[nH]ccc23)c1. The first-order chi connectivity index (χ1) is 12.0. The van der Waals surface area contributed by atoms with Crippen LogP contribution in [0.5, 0.6) is 0 Å². The number of amides is 2. The monoisotopic (exact) mass is 334 g/mol. The Morgan fingerprint density at radius 2 is 2.00 bits per heavy atom. The van der Waals surface area contributed by atoms with Gasteiger partial charge in [0.25, 0.3) is 5.91 Å². The molecule has 25 heavy (non-hydrogen) atoms. The normalized spacial score (nSPS) is 10.4. The number of aromatic nitrogens is 1. The number of carbonyl (C=O) groups is 2. The van der Waals surface area contributed by atoms with Gasteiger partial charge in [0.1, 0.15) is 5.69 Å². The first-order valence-corrected chi connectivity index (χ1v) is 7.35. The second kappa shape index (κ2) is 6.40. The molecule has 7 nitrogen and oxygen atoms in total. The zero-order valence-electron chi connectivity index (χ0n) is 13.1. The minimum Gasteiger partial charge on any atom is -0.366 e. The van der Waals surface area contributed by atoms with Gasteiger partial charge in [0, 0.05) is 17.3 Å². The molecule has 2 aromatic carbocycles. The van der Waals surface area contributed by atoms with Gasteiger partial charge in [0.05, 0.1) is 11.1 Å². The Morgan fingerprint density at radius 1 is 1.20 bits per heavy atom. The van der Waals surface area contributed by atoms with Crippen molar-refractivity contribution < 1.29 is 9.59 Å². The second-order valence-electron chi connectivity index (χ2n) is 5.34. The van der Waals surface area contributed by atoms with Crippen LogP contribution in [-0.4, -0.2) is 16.8 Å². The number of nitrogens with zero attached hydrogens (tertiary/aromatic N) is 1. The van der Waals surface area contributed by atoms with Crippen molar-refractivity contribution >= 4 is 34.1 Å². The van der Waals surface area contributed by atoms with E-state index in [1.807, 2.05) is 0 Å². The number of nitrogens with one attached hydrogen (secondary N) is 2. The van der Waals surface area contributed by atoms with Crippen molar-refractivity contribution in [2.75, 3.05) is 5.32 Å². The second-order valence-corrected chi connectivity index (χ2v) is 5.34. The van der Waals surface area contributed by atoms with Crippen LogP contribution in [-0.2, 0) is 4.79 Å². The third-order valence-electron chi connectivity index (χ3n) is 3.78. The molecule has 3 aromatic rings. The van der Waals surface area contributed by atoms with Crippen molar-refractivity contribution in [3.63, 3.8) is 0 Å². The summed E-state index contributed by atoms with van der Waals surface area (Å²) in [6.07, 6.45) is 2.83. The van der Waals surface area contributed by atoms with E-state index in [9.17, 15) is 14.5 Å². The molecule has 0 saturated carbocycles. The number of rotatable bonds is 5. The van der Waals surface area contributed by atoms with Crippen LogP contribution in [0.4, 0.5) is 11.4 Å². The zero-order valence-corrected chi connectivity index (χ0v) is 13.1. The summed E-state index contributed by atoms with van der Waals surface area (Å²) in [5.74, 6) is -0.939. The number of fused-ring (bicyclic) bond motifs is 1. The minimum absolute atomic E-state index is 0.166. The highest BCUT2D eigenvalue weighted by atomic mass is 16.3. The third-order valence-corrected chi connectivity index (χ3v) is 3.78. The molecule has 0 spiro atoms. The lowest BCUT2D eigenvalue weighted by molar-refractivity contribution is -0.111. The molecule has 0 aliphatic rings. The average Bonchev–Trinajstić information content (AvgIpc) is 3.09. The van der Waals surface area contributed by atoms with Crippen molar-refractivity contribution in [3.8, 4) is 11.1 Å². The van der Waals surface area contributed by atoms with Crippen LogP contribution in [0.1, 0.15) is 10.4 Å². The van der Waals surface area contributed by atoms with Gasteiger partial charge in [-0.2, -0.15) is 0 Å². The maximum absolute atomic E-state index is 11.6. The topological polar surface area (TPSA) is 117 Å². The Morgan fingerprint density at radius 3 is 2.68 bits per heavy atom. The average molecular weight is 334 g/mol. The molecule has 0 unspecified atom stereocenters. The van der Waals surface area contributed by atoms with Gasteiger partial charge in [-0.3, -0.25) is 9.59 Å². The van der Waals surface area contributed by atoms with E-state index < -0.39 is 11.8 Å². The summed E-state index contributed by atoms with van der Waals surface area (Å²) in [6.45, 7) is 3.40. The number of anilines is 1. The number of aromatic amines is 1. The van der Waals surface area contributed by atoms with Crippen LogP contribution < -0.4 is 11.1 Å². The molecular weight excluding hydrogens is 320 g/mol. The number of benzene rings is 2. The molecule has 0 aliphatic heterocycles. The van der Waals surface area contributed by atoms with E-state index in [1.54, 1.807) is 36.5 Å². The lowest BCUT2D eigenvalue weighted by Gasteiger charge is -2.10. The lowest BCUT2D eigenvalue weighted by atomic mass is 9.98. The van der Waals surface area contributed by atoms with Crippen LogP contribution in [0.3, 0.4) is 0 Å². The minimum atomic E-state index is -0.541. The first kappa shape index (κ1) is 16.1. The van der Waals surface area contributed by atoms with Crippen molar-refractivity contribution in [2.24, 2.45) is 10.9 Å². The van der Waals surface area contributed by atoms with Gasteiger partial charge in [-0.15, -0.1) is 4.91 Å². The molecule has 3 rings (SSSR count). The predicted octanol–water partition coefficient (Wildman–Crippen LogP) is 3.46. The summed E-state index contributed by atoms with van der Waals surface area (Å²) in [5, 5.41) is 6.33. The summed E-state index contributed by atoms with van der Waals surface area (Å²) >= 11 is 0. The summed E-state index contributed by atoms with van der Waals surface area (Å²) < 4.78 is 0. The van der Waals surface area contributed by atoms with Crippen LogP contribution in [0.15, 0.2) is 60.4 Å². The van der Waals surface area contributed by atoms with Crippen molar-refractivity contribution in [1.29, 1.82) is 0 Å². The van der Waals surface area contributed by atoms with E-state index >= 15 is 0 Å². The maximum atomic E-state index is 11.6. The van der Waals surface area contributed by atoms with E-state index in [4.69, 9.17) is 5.73 Å². The molecule has 0 bridgehead atoms. The summed E-state index contributed by atoms with van der Waals surface area (Å²) in [4.78, 5) is 37.1. The van der Waals surface area contributed by atoms with E-state index in [0.29, 0.717) is 22.3 Å². The number of H-pyrrole nitrogens is 1. The van der Waals surface area contributed by atoms with Crippen LogP contribution in [0.2, 0.25) is 0 Å². The fraction of sp³-hybridized carbons (Fsp3) is 0. The highest BCUT2D eigenvalue weighted by molar-refractivity contribution is 6.09. The number of nitroso groups, excluding NO2 is 1. The number of hydrogen-bond acceptors (Lipinski definition) is 4. The predicted molar refractivity (Wildman–Crippen MR) is 96.5 cm³/mol. The molecule has 0 radical (unpaired) electrons. The molecular formula is C18H14N4O3. The maximum Gasteiger partial charge on any atom is 0.250 e. The number of primary amides is 1. The van der Waals surface area contributed by atoms with Crippen molar-refractivity contribution in [2.45, 2.75) is 0 Å². The number of nitrogens with two attached hydrogens (primary N) is 1. The molecule has 7 heteroatoms. The zero-order chi connectivity index (χ0) is 18.0. The largest absolute Gasteiger partial charge is 0.366 e. The molecule has 1 heterocycles. The van der Waals surface area contributed by atoms with Gasteiger partial charge in [-0.05, 0) is 52.7 Å². The number of carbonyl (C=O) groups excluding carboxylic acids is 2. The van der Waals surface area contributed by atoms with Gasteiger partial charge in [-0.25, -0.2) is 0 Å². The lowest BCUT2D eigenvalue weighted by Crippen LogP contribution is -2.11. The van der Waals surface area contributed by atoms with E-state index in [0.717, 1.165) is 17.0 Å². The highest BCUT2D eigenvalue weighted by Crippen LogP contribution is 2.34. The van der Waals surface area contributed by atoms with Crippen LogP contribution in [0, 0.1) is 4.91 Å². The molecule has 0 aliphatic carbocycles.